The topological polar surface area (TPSA) is 0 Å². The van der Waals surface area contributed by atoms with E-state index in [0.717, 1.165) is 0 Å². The van der Waals surface area contributed by atoms with E-state index in [2.05, 4.69) is 121 Å². The Balaban J connectivity index is 0.00000196. The van der Waals surface area contributed by atoms with Gasteiger partial charge >= 0.3 is 0 Å². The van der Waals surface area contributed by atoms with E-state index < -0.39 is 7.26 Å². The standard InChI is InChI=1S/C24H20P.Pt/c1-5-13-21(14-6-1)25(22-15-7-2-8-16-22,23-17-9-3-10-18-23)24-19-11-4-12-20-24;/h1-20H;. The van der Waals surface area contributed by atoms with Crippen molar-refractivity contribution in [2.45, 2.75) is 0 Å². The smallest absolute Gasteiger partial charge is 0 e. The number of benzene rings is 4. The number of hydrogen-bond acceptors (Lipinski definition) is 0. The molecule has 0 saturated heterocycles. The van der Waals surface area contributed by atoms with Gasteiger partial charge in [0.2, 0.25) is 0 Å². The van der Waals surface area contributed by atoms with E-state index in [4.69, 9.17) is 0 Å². The van der Waals surface area contributed by atoms with Crippen LogP contribution in [0.4, 0.5) is 0 Å². The van der Waals surface area contributed by atoms with Gasteiger partial charge in [-0.2, -0.15) is 0 Å². The van der Waals surface area contributed by atoms with Crippen molar-refractivity contribution in [1.82, 2.24) is 0 Å². The Hall–Kier alpha value is -2.00. The second-order valence-corrected chi connectivity index (χ2v) is 9.42. The van der Waals surface area contributed by atoms with E-state index in [1.807, 2.05) is 0 Å². The molecule has 0 unspecified atom stereocenters. The summed E-state index contributed by atoms with van der Waals surface area (Å²) in [4.78, 5) is 0. The van der Waals surface area contributed by atoms with Crippen LogP contribution in [0.5, 0.6) is 0 Å². The minimum absolute atomic E-state index is 0. The largest absolute Gasteiger partial charge is 0.0622 e. The average Bonchev–Trinajstić information content (AvgIpc) is 2.72. The normalized spacial score (nSPS) is 10.8. The Bertz CT molecular complexity index is 759. The van der Waals surface area contributed by atoms with Crippen LogP contribution in [0.1, 0.15) is 0 Å². The Morgan fingerprint density at radius 1 is 0.308 bits per heavy atom. The molecular formula is C24H20PPt. The van der Waals surface area contributed by atoms with Gasteiger partial charge in [0.15, 0.2) is 0 Å². The maximum atomic E-state index is 2.28. The van der Waals surface area contributed by atoms with Crippen LogP contribution < -0.4 is 21.2 Å². The van der Waals surface area contributed by atoms with Gasteiger partial charge in [-0.25, -0.2) is 0 Å². The molecule has 0 fully saturated rings. The molecule has 0 spiro atoms. The molecular weight excluding hydrogens is 514 g/mol. The Morgan fingerprint density at radius 3 is 0.692 bits per heavy atom. The van der Waals surface area contributed by atoms with Gasteiger partial charge in [0.1, 0.15) is 0 Å². The molecule has 0 aliphatic heterocycles. The maximum Gasteiger partial charge on any atom is 0 e. The van der Waals surface area contributed by atoms with Crippen molar-refractivity contribution in [2.75, 3.05) is 0 Å². The van der Waals surface area contributed by atoms with Gasteiger partial charge in [-0.05, 0) is 28.5 Å². The van der Waals surface area contributed by atoms with Gasteiger partial charge in [0.25, 0.3) is 0 Å². The van der Waals surface area contributed by atoms with Crippen LogP contribution in [0.3, 0.4) is 0 Å². The molecule has 0 aliphatic rings. The molecule has 0 nitrogen and oxygen atoms in total. The molecule has 0 heterocycles. The summed E-state index contributed by atoms with van der Waals surface area (Å²) in [5.74, 6) is 0. The van der Waals surface area contributed by atoms with E-state index in [0.29, 0.717) is 0 Å². The molecule has 0 amide bonds. The Labute approximate surface area is 170 Å². The molecule has 26 heavy (non-hydrogen) atoms. The maximum absolute atomic E-state index is 2.28. The molecule has 0 atom stereocenters. The summed E-state index contributed by atoms with van der Waals surface area (Å²) >= 11 is 0. The molecule has 1 radical (unpaired) electrons. The molecule has 4 aromatic rings. The van der Waals surface area contributed by atoms with E-state index in [-0.39, 0.29) is 21.1 Å². The molecule has 131 valence electrons. The van der Waals surface area contributed by atoms with Crippen LogP contribution in [0.25, 0.3) is 0 Å². The number of hydrogen-bond donors (Lipinski definition) is 0. The van der Waals surface area contributed by atoms with Crippen molar-refractivity contribution in [2.24, 2.45) is 0 Å². The van der Waals surface area contributed by atoms with E-state index >= 15 is 0 Å². The van der Waals surface area contributed by atoms with Crippen LogP contribution in [0.15, 0.2) is 121 Å². The van der Waals surface area contributed by atoms with Crippen molar-refractivity contribution in [1.29, 1.82) is 0 Å². The zero-order valence-corrected chi connectivity index (χ0v) is 17.5. The predicted octanol–water partition coefficient (Wildman–Crippen LogP) is 4.30. The summed E-state index contributed by atoms with van der Waals surface area (Å²) in [5, 5.41) is 5.55. The molecule has 4 aromatic carbocycles. The van der Waals surface area contributed by atoms with Gasteiger partial charge < -0.3 is 0 Å². The fraction of sp³-hybridized carbons (Fsp3) is 0. The van der Waals surface area contributed by atoms with Crippen LogP contribution in [-0.2, 0) is 21.1 Å². The first kappa shape index (κ1) is 18.8. The predicted molar refractivity (Wildman–Crippen MR) is 111 cm³/mol. The van der Waals surface area contributed by atoms with Crippen molar-refractivity contribution < 1.29 is 21.1 Å². The molecule has 4 rings (SSSR count). The first-order chi connectivity index (χ1) is 12.4. The molecule has 0 N–H and O–H groups in total. The third-order valence-corrected chi connectivity index (χ3v) is 8.86. The zero-order valence-electron chi connectivity index (χ0n) is 14.3. The summed E-state index contributed by atoms with van der Waals surface area (Å²) in [5.41, 5.74) is 0. The van der Waals surface area contributed by atoms with Crippen LogP contribution in [0, 0.1) is 0 Å². The molecule has 0 bridgehead atoms. The summed E-state index contributed by atoms with van der Waals surface area (Å²) in [7, 11) is -1.91. The molecule has 0 aliphatic carbocycles. The minimum atomic E-state index is -1.91. The van der Waals surface area contributed by atoms with E-state index in [9.17, 15) is 0 Å². The van der Waals surface area contributed by atoms with E-state index in [1.165, 1.54) is 21.2 Å². The summed E-state index contributed by atoms with van der Waals surface area (Å²) in [6.07, 6.45) is 0. The van der Waals surface area contributed by atoms with Gasteiger partial charge in [0, 0.05) is 21.1 Å². The zero-order chi connectivity index (χ0) is 17.0. The SMILES string of the molecule is [Pt].c1ccc([P](c2ccccc2)(c2ccccc2)c2ccccc2)cc1. The van der Waals surface area contributed by atoms with Crippen molar-refractivity contribution >= 4 is 28.5 Å². The first-order valence-corrected chi connectivity index (χ1v) is 10.3. The third-order valence-electron chi connectivity index (χ3n) is 4.57. The molecule has 0 aromatic heterocycles. The van der Waals surface area contributed by atoms with Crippen LogP contribution in [0.2, 0.25) is 0 Å². The fourth-order valence-corrected chi connectivity index (χ4v) is 7.77. The van der Waals surface area contributed by atoms with Gasteiger partial charge in [0.05, 0.1) is 0 Å². The molecule has 0 saturated carbocycles. The molecule has 2 heteroatoms. The second-order valence-electron chi connectivity index (χ2n) is 6.01. The quantitative estimate of drug-likeness (QED) is 0.343. The first-order valence-electron chi connectivity index (χ1n) is 8.54. The summed E-state index contributed by atoms with van der Waals surface area (Å²) < 4.78 is 0. The van der Waals surface area contributed by atoms with Crippen molar-refractivity contribution in [3.8, 4) is 0 Å². The summed E-state index contributed by atoms with van der Waals surface area (Å²) in [6.45, 7) is 0. The van der Waals surface area contributed by atoms with Gasteiger partial charge in [-0.3, -0.25) is 0 Å². The van der Waals surface area contributed by atoms with Gasteiger partial charge in [-0.15, -0.1) is 0 Å². The van der Waals surface area contributed by atoms with Crippen molar-refractivity contribution in [3.05, 3.63) is 121 Å². The van der Waals surface area contributed by atoms with Gasteiger partial charge in [-0.1, -0.05) is 121 Å². The second kappa shape index (κ2) is 8.59. The van der Waals surface area contributed by atoms with E-state index in [1.54, 1.807) is 0 Å². The van der Waals surface area contributed by atoms with Crippen LogP contribution >= 0.6 is 7.26 Å². The Kier molecular flexibility index (Phi) is 6.20. The fourth-order valence-electron chi connectivity index (χ4n) is 3.50. The summed E-state index contributed by atoms with van der Waals surface area (Å²) in [6, 6.07) is 43.8. The average molecular weight is 534 g/mol. The minimum Gasteiger partial charge on any atom is -0.0622 e. The van der Waals surface area contributed by atoms with Crippen LogP contribution in [-0.4, -0.2) is 0 Å². The number of rotatable bonds is 4. The monoisotopic (exact) mass is 534 g/mol. The Morgan fingerprint density at radius 2 is 0.500 bits per heavy atom. The third kappa shape index (κ3) is 3.33. The van der Waals surface area contributed by atoms with Crippen molar-refractivity contribution in [3.63, 3.8) is 0 Å².